The molecular formula is C6H14O6P2+2. The van der Waals surface area contributed by atoms with E-state index in [9.17, 15) is 9.13 Å². The Bertz CT molecular complexity index is 197. The van der Waals surface area contributed by atoms with E-state index in [1.54, 1.807) is 0 Å². The lowest BCUT2D eigenvalue weighted by atomic mass is 10.5. The zero-order valence-electron chi connectivity index (χ0n) is 8.08. The molecule has 3 atom stereocenters. The molecule has 0 aromatic rings. The molecule has 14 heavy (non-hydrogen) atoms. The zero-order valence-corrected chi connectivity index (χ0v) is 9.87. The van der Waals surface area contributed by atoms with Crippen molar-refractivity contribution < 1.29 is 27.6 Å². The standard InChI is InChI=1S/C6H13O6P2/c1-3-4-10-14(9)11-5-6(2)12-13(7)8/h6H,3-5H2,1-2H3/q+1/p+1. The fourth-order valence-electron chi connectivity index (χ4n) is 0.553. The first-order valence-corrected chi connectivity index (χ1v) is 6.34. The second-order valence-electron chi connectivity index (χ2n) is 2.51. The number of rotatable bonds is 8. The van der Waals surface area contributed by atoms with Gasteiger partial charge in [0, 0.05) is 9.13 Å². The van der Waals surface area contributed by atoms with Crippen LogP contribution in [0.25, 0.3) is 0 Å². The Balaban J connectivity index is 3.50. The Hall–Kier alpha value is 0.0400. The second kappa shape index (κ2) is 8.36. The lowest BCUT2D eigenvalue weighted by Gasteiger charge is -1.95. The topological polar surface area (TPSA) is 82.1 Å². The van der Waals surface area contributed by atoms with Crippen molar-refractivity contribution in [3.8, 4) is 0 Å². The van der Waals surface area contributed by atoms with Gasteiger partial charge in [0.25, 0.3) is 0 Å². The summed E-state index contributed by atoms with van der Waals surface area (Å²) in [5.41, 5.74) is 0. The fourth-order valence-corrected chi connectivity index (χ4v) is 1.66. The average molecular weight is 244 g/mol. The van der Waals surface area contributed by atoms with Crippen molar-refractivity contribution in [1.29, 1.82) is 0 Å². The molecule has 0 fully saturated rings. The molecule has 0 aromatic heterocycles. The van der Waals surface area contributed by atoms with Crippen molar-refractivity contribution >= 4 is 16.5 Å². The predicted molar refractivity (Wildman–Crippen MR) is 50.2 cm³/mol. The van der Waals surface area contributed by atoms with Crippen LogP contribution in [0.1, 0.15) is 20.3 Å². The van der Waals surface area contributed by atoms with Crippen LogP contribution in [0.5, 0.6) is 0 Å². The second-order valence-corrected chi connectivity index (χ2v) is 4.16. The summed E-state index contributed by atoms with van der Waals surface area (Å²) in [6.45, 7) is 3.73. The van der Waals surface area contributed by atoms with Crippen molar-refractivity contribution in [2.45, 2.75) is 26.4 Å². The molecule has 0 aliphatic carbocycles. The predicted octanol–water partition coefficient (Wildman–Crippen LogP) is 2.14. The van der Waals surface area contributed by atoms with Crippen LogP contribution in [0.4, 0.5) is 0 Å². The highest BCUT2D eigenvalue weighted by Crippen LogP contribution is 2.26. The molecule has 0 aromatic carbocycles. The molecule has 82 valence electrons. The smallest absolute Gasteiger partial charge is 0.133 e. The van der Waals surface area contributed by atoms with Gasteiger partial charge in [-0.25, -0.2) is 0 Å². The molecule has 8 heteroatoms. The maximum absolute atomic E-state index is 10.9. The van der Waals surface area contributed by atoms with Crippen molar-refractivity contribution in [3.05, 3.63) is 0 Å². The molecule has 0 aliphatic rings. The van der Waals surface area contributed by atoms with Gasteiger partial charge in [0.2, 0.25) is 0 Å². The minimum absolute atomic E-state index is 0.0411. The molecule has 0 bridgehead atoms. The zero-order chi connectivity index (χ0) is 11.0. The summed E-state index contributed by atoms with van der Waals surface area (Å²) in [5, 5.41) is 0. The van der Waals surface area contributed by atoms with E-state index in [4.69, 9.17) is 13.9 Å². The normalized spacial score (nSPS) is 15.1. The molecule has 0 amide bonds. The Labute approximate surface area is 84.5 Å². The summed E-state index contributed by atoms with van der Waals surface area (Å²) in [6, 6.07) is 0. The molecule has 6 nitrogen and oxygen atoms in total. The summed E-state index contributed by atoms with van der Waals surface area (Å²) >= 11 is 0. The maximum atomic E-state index is 10.9. The van der Waals surface area contributed by atoms with Crippen LogP contribution in [-0.4, -0.2) is 24.2 Å². The summed E-state index contributed by atoms with van der Waals surface area (Å²) < 4.78 is 35.0. The number of hydrogen-bond acceptors (Lipinski definition) is 5. The highest BCUT2D eigenvalue weighted by atomic mass is 31.1. The molecule has 0 spiro atoms. The van der Waals surface area contributed by atoms with E-state index in [1.165, 1.54) is 6.92 Å². The minimum atomic E-state index is -2.65. The van der Waals surface area contributed by atoms with Crippen LogP contribution < -0.4 is 0 Å². The van der Waals surface area contributed by atoms with Crippen molar-refractivity contribution in [2.24, 2.45) is 0 Å². The number of hydrogen-bond donors (Lipinski definition) is 1. The van der Waals surface area contributed by atoms with Gasteiger partial charge < -0.3 is 0 Å². The maximum Gasteiger partial charge on any atom is 0.697 e. The average Bonchev–Trinajstić information content (AvgIpc) is 2.10. The first-order valence-electron chi connectivity index (χ1n) is 4.12. The molecule has 0 heterocycles. The van der Waals surface area contributed by atoms with Crippen LogP contribution in [0.15, 0.2) is 0 Å². The molecule has 0 rings (SSSR count). The quantitative estimate of drug-likeness (QED) is 0.658. The van der Waals surface area contributed by atoms with Crippen LogP contribution in [0, 0.1) is 0 Å². The van der Waals surface area contributed by atoms with Gasteiger partial charge in [0.1, 0.15) is 19.3 Å². The van der Waals surface area contributed by atoms with Crippen molar-refractivity contribution in [3.63, 3.8) is 0 Å². The molecule has 3 unspecified atom stereocenters. The lowest BCUT2D eigenvalue weighted by molar-refractivity contribution is 0.125. The van der Waals surface area contributed by atoms with E-state index in [-0.39, 0.29) is 6.61 Å². The van der Waals surface area contributed by atoms with Crippen LogP contribution in [0.2, 0.25) is 0 Å². The van der Waals surface area contributed by atoms with Gasteiger partial charge >= 0.3 is 16.5 Å². The first kappa shape index (κ1) is 14.0. The highest BCUT2D eigenvalue weighted by molar-refractivity contribution is 7.33. The molecular weight excluding hydrogens is 230 g/mol. The Kier molecular flexibility index (Phi) is 8.38. The third-order valence-corrected chi connectivity index (χ3v) is 2.38. The lowest BCUT2D eigenvalue weighted by Crippen LogP contribution is -2.10. The minimum Gasteiger partial charge on any atom is -0.133 e. The van der Waals surface area contributed by atoms with E-state index in [1.807, 2.05) is 6.92 Å². The van der Waals surface area contributed by atoms with Gasteiger partial charge in [0.05, 0.1) is 0 Å². The first-order chi connectivity index (χ1) is 6.56. The SMILES string of the molecule is CCCO[P+](=O)OCC(C)O[P+](=O)O. The summed E-state index contributed by atoms with van der Waals surface area (Å²) in [5.74, 6) is 0. The molecule has 0 saturated heterocycles. The Morgan fingerprint density at radius 3 is 2.50 bits per heavy atom. The van der Waals surface area contributed by atoms with Crippen molar-refractivity contribution in [2.75, 3.05) is 13.2 Å². The monoisotopic (exact) mass is 244 g/mol. The van der Waals surface area contributed by atoms with Gasteiger partial charge in [-0.2, -0.15) is 0 Å². The van der Waals surface area contributed by atoms with E-state index in [2.05, 4.69) is 4.52 Å². The van der Waals surface area contributed by atoms with E-state index in [0.717, 1.165) is 6.42 Å². The molecule has 0 aliphatic heterocycles. The largest absolute Gasteiger partial charge is 0.697 e. The van der Waals surface area contributed by atoms with E-state index < -0.39 is 22.6 Å². The van der Waals surface area contributed by atoms with Gasteiger partial charge in [-0.05, 0) is 13.3 Å². The molecule has 0 radical (unpaired) electrons. The third-order valence-electron chi connectivity index (χ3n) is 1.09. The van der Waals surface area contributed by atoms with E-state index in [0.29, 0.717) is 6.61 Å². The highest BCUT2D eigenvalue weighted by Gasteiger charge is 2.26. The van der Waals surface area contributed by atoms with Crippen LogP contribution in [-0.2, 0) is 22.7 Å². The van der Waals surface area contributed by atoms with Gasteiger partial charge in [-0.1, -0.05) is 6.92 Å². The molecule has 1 N–H and O–H groups in total. The third kappa shape index (κ3) is 8.63. The van der Waals surface area contributed by atoms with Gasteiger partial charge in [-0.15, -0.1) is 18.5 Å². The van der Waals surface area contributed by atoms with Crippen LogP contribution in [0.3, 0.4) is 0 Å². The molecule has 0 saturated carbocycles. The van der Waals surface area contributed by atoms with Crippen LogP contribution >= 0.6 is 16.5 Å². The summed E-state index contributed by atoms with van der Waals surface area (Å²) in [4.78, 5) is 8.36. The summed E-state index contributed by atoms with van der Waals surface area (Å²) in [7, 11) is -4.80. The Morgan fingerprint density at radius 1 is 1.36 bits per heavy atom. The van der Waals surface area contributed by atoms with E-state index >= 15 is 0 Å². The summed E-state index contributed by atoms with van der Waals surface area (Å²) in [6.07, 6.45) is 0.159. The fraction of sp³-hybridized carbons (Fsp3) is 1.00. The Morgan fingerprint density at radius 2 is 2.00 bits per heavy atom. The van der Waals surface area contributed by atoms with Crippen molar-refractivity contribution in [1.82, 2.24) is 0 Å². The van der Waals surface area contributed by atoms with Gasteiger partial charge in [-0.3, -0.25) is 0 Å². The van der Waals surface area contributed by atoms with Gasteiger partial charge in [0.15, 0.2) is 0 Å².